The highest BCUT2D eigenvalue weighted by Crippen LogP contribution is 1.93. The van der Waals surface area contributed by atoms with Crippen LogP contribution in [0.5, 0.6) is 0 Å². The second kappa shape index (κ2) is 6.21. The predicted octanol–water partition coefficient (Wildman–Crippen LogP) is -3.18. The van der Waals surface area contributed by atoms with E-state index in [0.717, 1.165) is 0 Å². The van der Waals surface area contributed by atoms with Crippen LogP contribution in [0.4, 0.5) is 0 Å². The van der Waals surface area contributed by atoms with E-state index in [0.29, 0.717) is 6.61 Å². The third kappa shape index (κ3) is 4.29. The molecule has 11 heavy (non-hydrogen) atoms. The number of rotatable bonds is 2. The molecule has 0 spiro atoms. The molecule has 0 amide bonds. The second-order valence-corrected chi connectivity index (χ2v) is 9.39. The summed E-state index contributed by atoms with van der Waals surface area (Å²) >= 11 is 0. The first-order valence-corrected chi connectivity index (χ1v) is 8.31. The highest BCUT2D eigenvalue weighted by atomic mass is 28.4. The van der Waals surface area contributed by atoms with E-state index in [1.54, 1.807) is 0 Å². The molecule has 0 aromatic rings. The largest absolute Gasteiger partial charge is 0.465 e. The molecule has 0 aromatic carbocycles. The molecule has 5 nitrogen and oxygen atoms in total. The third-order valence-corrected chi connectivity index (χ3v) is 7.58. The minimum atomic E-state index is -1.80. The molecule has 1 fully saturated rings. The molecule has 0 radical (unpaired) electrons. The molecule has 66 valence electrons. The summed E-state index contributed by atoms with van der Waals surface area (Å²) < 4.78 is 26.3. The summed E-state index contributed by atoms with van der Waals surface area (Å²) in [6.07, 6.45) is 0. The molecule has 1 heterocycles. The van der Waals surface area contributed by atoms with Crippen molar-refractivity contribution in [1.29, 1.82) is 0 Å². The van der Waals surface area contributed by atoms with E-state index in [1.165, 1.54) is 0 Å². The van der Waals surface area contributed by atoms with Crippen molar-refractivity contribution in [3.8, 4) is 0 Å². The molecular weight excluding hydrogens is 216 g/mol. The minimum Gasteiger partial charge on any atom is -0.425 e. The molecule has 0 aliphatic carbocycles. The summed E-state index contributed by atoms with van der Waals surface area (Å²) in [6, 6.07) is 0. The van der Waals surface area contributed by atoms with E-state index in [4.69, 9.17) is 20.9 Å². The summed E-state index contributed by atoms with van der Waals surface area (Å²) in [5.74, 6) is 0. The van der Waals surface area contributed by atoms with Gasteiger partial charge in [0.25, 0.3) is 30.0 Å². The first-order chi connectivity index (χ1) is 5.43. The Morgan fingerprint density at radius 2 is 1.82 bits per heavy atom. The third-order valence-electron chi connectivity index (χ3n) is 1.04. The van der Waals surface area contributed by atoms with E-state index in [9.17, 15) is 0 Å². The van der Waals surface area contributed by atoms with Gasteiger partial charge in [-0.15, -0.1) is 0 Å². The van der Waals surface area contributed by atoms with E-state index < -0.39 is 39.5 Å². The molecule has 1 aliphatic heterocycles. The number of hydrogen-bond donors (Lipinski definition) is 0. The molecule has 0 saturated carbocycles. The lowest BCUT2D eigenvalue weighted by Crippen LogP contribution is -2.35. The Bertz CT molecular complexity index is 94.5. The van der Waals surface area contributed by atoms with Gasteiger partial charge in [0, 0.05) is 6.61 Å². The van der Waals surface area contributed by atoms with E-state index in [2.05, 4.69) is 0 Å². The Morgan fingerprint density at radius 3 is 2.36 bits per heavy atom. The lowest BCUT2D eigenvalue weighted by atomic mass is 10.9. The van der Waals surface area contributed by atoms with Crippen LogP contribution in [0.15, 0.2) is 0 Å². The van der Waals surface area contributed by atoms with Crippen molar-refractivity contribution in [3.05, 3.63) is 0 Å². The van der Waals surface area contributed by atoms with Crippen molar-refractivity contribution in [3.63, 3.8) is 0 Å². The zero-order chi connectivity index (χ0) is 7.94. The van der Waals surface area contributed by atoms with E-state index in [1.807, 2.05) is 6.92 Å². The second-order valence-electron chi connectivity index (χ2n) is 1.84. The van der Waals surface area contributed by atoms with Gasteiger partial charge in [0.15, 0.2) is 0 Å². The first kappa shape index (κ1) is 9.75. The van der Waals surface area contributed by atoms with Crippen molar-refractivity contribution >= 4 is 39.5 Å². The molecule has 1 aliphatic rings. The van der Waals surface area contributed by atoms with E-state index >= 15 is 0 Å². The standard InChI is InChI=1S/C2H12O5Si4/c1-2-3-11-6-9-4-8-5-10-7-11/h11H,2,8-10H2,1H3. The first-order valence-electron chi connectivity index (χ1n) is 3.43. The monoisotopic (exact) mass is 228 g/mol. The van der Waals surface area contributed by atoms with Crippen LogP contribution in [0.2, 0.25) is 0 Å². The summed E-state index contributed by atoms with van der Waals surface area (Å²) in [5.41, 5.74) is 0. The van der Waals surface area contributed by atoms with Gasteiger partial charge in [-0.2, -0.15) is 0 Å². The lowest BCUT2D eigenvalue weighted by molar-refractivity contribution is 0.193. The highest BCUT2D eigenvalue weighted by molar-refractivity contribution is 6.56. The van der Waals surface area contributed by atoms with Gasteiger partial charge >= 0.3 is 9.53 Å². The zero-order valence-electron chi connectivity index (χ0n) is 6.45. The average Bonchev–Trinajstić information content (AvgIpc) is 1.94. The molecule has 0 unspecified atom stereocenters. The fraction of sp³-hybridized carbons (Fsp3) is 1.00. The van der Waals surface area contributed by atoms with Gasteiger partial charge in [0.05, 0.1) is 0 Å². The molecular formula is C2H12O5Si4. The van der Waals surface area contributed by atoms with Crippen LogP contribution in [-0.4, -0.2) is 46.2 Å². The van der Waals surface area contributed by atoms with Crippen molar-refractivity contribution in [2.75, 3.05) is 6.61 Å². The van der Waals surface area contributed by atoms with Crippen LogP contribution < -0.4 is 0 Å². The summed E-state index contributed by atoms with van der Waals surface area (Å²) in [4.78, 5) is 0. The maximum absolute atomic E-state index is 5.32. The van der Waals surface area contributed by atoms with Gasteiger partial charge in [-0.1, -0.05) is 0 Å². The Morgan fingerprint density at radius 1 is 1.18 bits per heavy atom. The molecule has 0 N–H and O–H groups in total. The maximum atomic E-state index is 5.32. The quantitative estimate of drug-likeness (QED) is 0.466. The average molecular weight is 228 g/mol. The molecule has 1 rings (SSSR count). The Kier molecular flexibility index (Phi) is 5.51. The zero-order valence-corrected chi connectivity index (χ0v) is 11.8. The Hall–Kier alpha value is 0.668. The maximum Gasteiger partial charge on any atom is 0.465 e. The topological polar surface area (TPSA) is 46.2 Å². The van der Waals surface area contributed by atoms with Crippen LogP contribution in [0.3, 0.4) is 0 Å². The molecule has 1 saturated heterocycles. The van der Waals surface area contributed by atoms with Gasteiger partial charge in [-0.3, -0.25) is 0 Å². The smallest absolute Gasteiger partial charge is 0.425 e. The van der Waals surface area contributed by atoms with Crippen LogP contribution >= 0.6 is 0 Å². The van der Waals surface area contributed by atoms with Crippen molar-refractivity contribution in [1.82, 2.24) is 0 Å². The van der Waals surface area contributed by atoms with Crippen molar-refractivity contribution < 1.29 is 20.9 Å². The van der Waals surface area contributed by atoms with Crippen LogP contribution in [0, 0.1) is 0 Å². The predicted molar refractivity (Wildman–Crippen MR) is 48.7 cm³/mol. The van der Waals surface area contributed by atoms with Crippen molar-refractivity contribution in [2.24, 2.45) is 0 Å². The SMILES string of the molecule is CCO[SiH]1O[SiH2]O[SiH2]O[SiH2]O1. The fourth-order valence-electron chi connectivity index (χ4n) is 0.615. The summed E-state index contributed by atoms with van der Waals surface area (Å²) in [5, 5.41) is 0. The fourth-order valence-corrected chi connectivity index (χ4v) is 8.37. The minimum absolute atomic E-state index is 0.650. The number of hydrogen-bond acceptors (Lipinski definition) is 5. The van der Waals surface area contributed by atoms with Crippen LogP contribution in [0.1, 0.15) is 6.92 Å². The lowest BCUT2D eigenvalue weighted by Gasteiger charge is -2.19. The van der Waals surface area contributed by atoms with Crippen LogP contribution in [-0.2, 0) is 20.9 Å². The normalized spacial score (nSPS) is 34.1. The van der Waals surface area contributed by atoms with Gasteiger partial charge in [0.1, 0.15) is 0 Å². The summed E-state index contributed by atoms with van der Waals surface area (Å²) in [6.45, 7) is 2.58. The van der Waals surface area contributed by atoms with E-state index in [-0.39, 0.29) is 0 Å². The van der Waals surface area contributed by atoms with Gasteiger partial charge in [0.2, 0.25) is 0 Å². The van der Waals surface area contributed by atoms with Crippen LogP contribution in [0.25, 0.3) is 0 Å². The van der Waals surface area contributed by atoms with Crippen molar-refractivity contribution in [2.45, 2.75) is 6.92 Å². The summed E-state index contributed by atoms with van der Waals surface area (Å²) in [7, 11) is -4.24. The molecule has 9 heteroatoms. The van der Waals surface area contributed by atoms with Gasteiger partial charge in [-0.05, 0) is 6.92 Å². The Balaban J connectivity index is 2.15. The van der Waals surface area contributed by atoms with Gasteiger partial charge < -0.3 is 20.9 Å². The molecule has 0 bridgehead atoms. The Labute approximate surface area is 74.5 Å². The van der Waals surface area contributed by atoms with Gasteiger partial charge in [-0.25, -0.2) is 0 Å². The highest BCUT2D eigenvalue weighted by Gasteiger charge is 2.16. The molecule has 0 atom stereocenters. The molecule has 0 aromatic heterocycles.